The van der Waals surface area contributed by atoms with E-state index in [9.17, 15) is 25.2 Å². The average molecular weight is 912 g/mol. The smallest absolute Gasteiger partial charge is 0.311 e. The number of cyclic esters (lactones) is 1. The van der Waals surface area contributed by atoms with Crippen molar-refractivity contribution >= 4 is 5.97 Å². The van der Waals surface area contributed by atoms with E-state index in [4.69, 9.17) is 37.9 Å². The van der Waals surface area contributed by atoms with Crippen LogP contribution in [0.4, 0.5) is 0 Å². The zero-order valence-corrected chi connectivity index (χ0v) is 41.5. The SMILES string of the molecule is CCCNC[C@]1(O)[C@H](C)O[C@@H](O[C@H]2[C@H](C)[C@@H](O[C@@H]3O[C@H](C)C[C@H](N(C)C)[C@H]3Oc3ccc(OC)cc3)[C@](C)(O)C[C@@H](C)CN[C@H](C)[C@@H](O)[C@](C)(O)[C@@H](CC)OC(=O)[C@@H]2C)C[C@@]1(C)OC. The quantitative estimate of drug-likeness (QED) is 0.116. The van der Waals surface area contributed by atoms with Gasteiger partial charge in [0.2, 0.25) is 0 Å². The van der Waals surface area contributed by atoms with Crippen molar-refractivity contribution in [3.63, 3.8) is 0 Å². The Kier molecular flexibility index (Phi) is 19.3. The van der Waals surface area contributed by atoms with E-state index >= 15 is 0 Å². The van der Waals surface area contributed by atoms with Crippen LogP contribution in [-0.4, -0.2) is 169 Å². The van der Waals surface area contributed by atoms with Gasteiger partial charge in [-0.25, -0.2) is 0 Å². The molecular weight excluding hydrogens is 827 g/mol. The first-order valence-electron chi connectivity index (χ1n) is 23.5. The number of esters is 1. The van der Waals surface area contributed by atoms with Gasteiger partial charge in [0, 0.05) is 32.0 Å². The van der Waals surface area contributed by atoms with E-state index < -0.39 is 95.5 Å². The highest BCUT2D eigenvalue weighted by molar-refractivity contribution is 5.73. The van der Waals surface area contributed by atoms with Crippen LogP contribution in [-0.2, 0) is 33.2 Å². The molecule has 370 valence electrons. The van der Waals surface area contributed by atoms with Crippen molar-refractivity contribution in [2.24, 2.45) is 17.8 Å². The Labute approximate surface area is 383 Å². The van der Waals surface area contributed by atoms with E-state index in [1.165, 1.54) is 6.92 Å². The molecule has 16 heteroatoms. The molecule has 3 aliphatic rings. The van der Waals surface area contributed by atoms with Crippen LogP contribution in [0.1, 0.15) is 108 Å². The summed E-state index contributed by atoms with van der Waals surface area (Å²) in [7, 11) is 7.12. The van der Waals surface area contributed by atoms with Crippen molar-refractivity contribution < 1.29 is 63.1 Å². The third kappa shape index (κ3) is 12.5. The van der Waals surface area contributed by atoms with Crippen LogP contribution in [0, 0.1) is 17.8 Å². The molecule has 6 N–H and O–H groups in total. The number of aliphatic hydroxyl groups excluding tert-OH is 1. The Morgan fingerprint density at radius 2 is 1.55 bits per heavy atom. The molecule has 1 aromatic rings. The van der Waals surface area contributed by atoms with Crippen molar-refractivity contribution in [1.82, 2.24) is 15.5 Å². The summed E-state index contributed by atoms with van der Waals surface area (Å²) in [5.74, 6) is -1.41. The van der Waals surface area contributed by atoms with Crippen LogP contribution in [0.2, 0.25) is 0 Å². The number of likely N-dealkylation sites (N-methyl/N-ethyl adjacent to an activating group) is 1. The van der Waals surface area contributed by atoms with E-state index in [0.717, 1.165) is 6.42 Å². The number of carbonyl (C=O) groups is 1. The first-order valence-corrected chi connectivity index (χ1v) is 23.5. The molecule has 4 rings (SSSR count). The van der Waals surface area contributed by atoms with E-state index in [0.29, 0.717) is 31.0 Å². The lowest BCUT2D eigenvalue weighted by Gasteiger charge is -2.53. The van der Waals surface area contributed by atoms with E-state index in [1.54, 1.807) is 48.8 Å². The molecule has 3 saturated heterocycles. The van der Waals surface area contributed by atoms with Gasteiger partial charge >= 0.3 is 5.97 Å². The van der Waals surface area contributed by atoms with Gasteiger partial charge in [-0.2, -0.15) is 0 Å². The number of benzene rings is 1. The zero-order chi connectivity index (χ0) is 47.9. The first kappa shape index (κ1) is 54.4. The maximum absolute atomic E-state index is 14.6. The van der Waals surface area contributed by atoms with Gasteiger partial charge in [-0.05, 0) is 132 Å². The molecule has 3 fully saturated rings. The average Bonchev–Trinajstić information content (AvgIpc) is 3.24. The molecule has 3 heterocycles. The zero-order valence-electron chi connectivity index (χ0n) is 41.5. The number of hydrogen-bond donors (Lipinski definition) is 6. The molecule has 0 saturated carbocycles. The fourth-order valence-corrected chi connectivity index (χ4v) is 10.1. The van der Waals surface area contributed by atoms with Crippen LogP contribution >= 0.6 is 0 Å². The molecule has 0 aromatic heterocycles. The second-order valence-electron chi connectivity index (χ2n) is 20.0. The summed E-state index contributed by atoms with van der Waals surface area (Å²) in [5, 5.41) is 55.1. The van der Waals surface area contributed by atoms with Gasteiger partial charge in [0.15, 0.2) is 18.7 Å². The Balaban J connectivity index is 1.86. The number of rotatable bonds is 14. The summed E-state index contributed by atoms with van der Waals surface area (Å²) in [4.78, 5) is 16.7. The predicted molar refractivity (Wildman–Crippen MR) is 243 cm³/mol. The molecule has 3 aliphatic heterocycles. The van der Waals surface area contributed by atoms with E-state index in [-0.39, 0.29) is 43.9 Å². The molecule has 0 spiro atoms. The van der Waals surface area contributed by atoms with Crippen LogP contribution in [0.25, 0.3) is 0 Å². The summed E-state index contributed by atoms with van der Waals surface area (Å²) in [6, 6.07) is 6.53. The maximum Gasteiger partial charge on any atom is 0.311 e. The molecular formula is C48H85N3O13. The third-order valence-electron chi connectivity index (χ3n) is 14.3. The van der Waals surface area contributed by atoms with Crippen LogP contribution in [0.5, 0.6) is 11.5 Å². The molecule has 16 nitrogen and oxygen atoms in total. The number of nitrogens with zero attached hydrogens (tertiary/aromatic N) is 1. The van der Waals surface area contributed by atoms with Gasteiger partial charge in [-0.1, -0.05) is 27.7 Å². The largest absolute Gasteiger partial charge is 0.497 e. The van der Waals surface area contributed by atoms with Gasteiger partial charge in [-0.3, -0.25) is 4.79 Å². The fraction of sp³-hybridized carbons (Fsp3) is 0.854. The lowest BCUT2D eigenvalue weighted by Crippen LogP contribution is -2.70. The summed E-state index contributed by atoms with van der Waals surface area (Å²) in [5.41, 5.74) is -6.00. The second-order valence-corrected chi connectivity index (χ2v) is 20.0. The Bertz CT molecular complexity index is 1590. The molecule has 18 atom stereocenters. The fourth-order valence-electron chi connectivity index (χ4n) is 10.1. The molecule has 1 aromatic carbocycles. The number of hydrogen-bond acceptors (Lipinski definition) is 16. The Hall–Kier alpha value is -2.19. The summed E-state index contributed by atoms with van der Waals surface area (Å²) in [6.07, 6.45) is -6.15. The van der Waals surface area contributed by atoms with Crippen molar-refractivity contribution in [1.29, 1.82) is 0 Å². The van der Waals surface area contributed by atoms with Gasteiger partial charge in [0.05, 0.1) is 49.1 Å². The lowest BCUT2D eigenvalue weighted by molar-refractivity contribution is -0.335. The highest BCUT2D eigenvalue weighted by Gasteiger charge is 2.58. The van der Waals surface area contributed by atoms with Crippen molar-refractivity contribution in [3.8, 4) is 11.5 Å². The molecule has 0 amide bonds. The topological polar surface area (TPSA) is 199 Å². The summed E-state index contributed by atoms with van der Waals surface area (Å²) < 4.78 is 51.7. The normalized spacial score (nSPS) is 43.2. The van der Waals surface area contributed by atoms with Crippen LogP contribution < -0.4 is 20.1 Å². The van der Waals surface area contributed by atoms with Gasteiger partial charge < -0.3 is 73.9 Å². The standard InChI is InChI=1S/C48H85N3O13/c1-16-22-49-27-48(56)33(8)60-38(25-46(48,10)58-15)63-39-30(5)42(64-44-40(36(51(12)13)23-29(4)59-44)61-35-20-18-34(57-14)19-21-35)45(9,54)24-28(3)26-50-32(7)41(52)47(11,55)37(17-2)62-43(53)31(39)6/h18-21,28-33,36-42,44,49-50,52,54-56H,16-17,22-27H2,1-15H3/t28-,29-,30+,31-,32-,33+,36+,37-,38+,39+,40-,41-,42-,44+,45-,46-,47-,48+/m1/s1. The number of ether oxygens (including phenoxy) is 8. The Morgan fingerprint density at radius 1 is 0.906 bits per heavy atom. The predicted octanol–water partition coefficient (Wildman–Crippen LogP) is 4.02. The number of carbonyl (C=O) groups excluding carboxylic acids is 1. The van der Waals surface area contributed by atoms with Gasteiger partial charge in [0.25, 0.3) is 0 Å². The number of methoxy groups -OCH3 is 2. The van der Waals surface area contributed by atoms with E-state index in [1.807, 2.05) is 73.0 Å². The number of nitrogens with one attached hydrogen (secondary N) is 2. The molecule has 0 aliphatic carbocycles. The van der Waals surface area contributed by atoms with Gasteiger partial charge in [0.1, 0.15) is 40.5 Å². The minimum Gasteiger partial charge on any atom is -0.497 e. The van der Waals surface area contributed by atoms with Gasteiger partial charge in [-0.15, -0.1) is 0 Å². The third-order valence-corrected chi connectivity index (χ3v) is 14.3. The van der Waals surface area contributed by atoms with Crippen LogP contribution in [0.15, 0.2) is 24.3 Å². The van der Waals surface area contributed by atoms with E-state index in [2.05, 4.69) is 15.5 Å². The molecule has 0 radical (unpaired) electrons. The highest BCUT2D eigenvalue weighted by Crippen LogP contribution is 2.43. The molecule has 0 unspecified atom stereocenters. The van der Waals surface area contributed by atoms with Crippen molar-refractivity contribution in [3.05, 3.63) is 24.3 Å². The van der Waals surface area contributed by atoms with Crippen molar-refractivity contribution in [2.45, 2.75) is 198 Å². The minimum atomic E-state index is -1.82. The summed E-state index contributed by atoms with van der Waals surface area (Å²) >= 11 is 0. The molecule has 0 bridgehead atoms. The second kappa shape index (κ2) is 22.7. The molecule has 64 heavy (non-hydrogen) atoms. The van der Waals surface area contributed by atoms with Crippen molar-refractivity contribution in [2.75, 3.05) is 47.9 Å². The number of aliphatic hydroxyl groups is 4. The summed E-state index contributed by atoms with van der Waals surface area (Å²) in [6.45, 7) is 21.2. The minimum absolute atomic E-state index is 0.0929. The Morgan fingerprint density at radius 3 is 2.12 bits per heavy atom. The maximum atomic E-state index is 14.6. The lowest BCUT2D eigenvalue weighted by atomic mass is 9.75. The van der Waals surface area contributed by atoms with Crippen LogP contribution in [0.3, 0.4) is 0 Å². The monoisotopic (exact) mass is 912 g/mol. The first-order chi connectivity index (χ1) is 29.9. The highest BCUT2D eigenvalue weighted by atomic mass is 16.7.